The van der Waals surface area contributed by atoms with Crippen molar-refractivity contribution in [2.45, 2.75) is 12.1 Å². The third kappa shape index (κ3) is 4.32. The Hall–Kier alpha value is -2.06. The lowest BCUT2D eigenvalue weighted by Crippen LogP contribution is -2.59. The van der Waals surface area contributed by atoms with E-state index >= 15 is 0 Å². The van der Waals surface area contributed by atoms with Crippen molar-refractivity contribution >= 4 is 29.1 Å². The second-order valence-corrected chi connectivity index (χ2v) is 8.34. The molecule has 6 nitrogen and oxygen atoms in total. The minimum atomic E-state index is -0.444. The Bertz CT molecular complexity index is 990. The SMILES string of the molecule is COc1ccc(C(=O)N2CCN3C[C@@H](c4ccc(F)c(Cl)c4)OCC3C2)c(Cl)c1OC. The number of morpholine rings is 1. The van der Waals surface area contributed by atoms with Gasteiger partial charge in [0, 0.05) is 26.2 Å². The highest BCUT2D eigenvalue weighted by Crippen LogP contribution is 2.38. The molecule has 166 valence electrons. The minimum absolute atomic E-state index is 0.0730. The van der Waals surface area contributed by atoms with E-state index in [1.807, 2.05) is 0 Å². The highest BCUT2D eigenvalue weighted by Gasteiger charge is 2.36. The van der Waals surface area contributed by atoms with E-state index in [1.165, 1.54) is 20.3 Å². The Labute approximate surface area is 190 Å². The summed E-state index contributed by atoms with van der Waals surface area (Å²) < 4.78 is 30.0. The molecule has 2 saturated heterocycles. The minimum Gasteiger partial charge on any atom is -0.493 e. The Balaban J connectivity index is 1.44. The number of carbonyl (C=O) groups excluding carboxylic acids is 1. The molecule has 2 aromatic rings. The lowest BCUT2D eigenvalue weighted by molar-refractivity contribution is -0.0858. The number of rotatable bonds is 4. The summed E-state index contributed by atoms with van der Waals surface area (Å²) >= 11 is 12.4. The molecular formula is C22H23Cl2FN2O4. The molecule has 4 rings (SSSR count). The zero-order valence-electron chi connectivity index (χ0n) is 17.2. The van der Waals surface area contributed by atoms with Crippen LogP contribution in [0.4, 0.5) is 4.39 Å². The molecule has 31 heavy (non-hydrogen) atoms. The van der Waals surface area contributed by atoms with Crippen molar-refractivity contribution in [1.29, 1.82) is 0 Å². The van der Waals surface area contributed by atoms with E-state index in [1.54, 1.807) is 29.2 Å². The molecule has 0 aliphatic carbocycles. The van der Waals surface area contributed by atoms with Crippen LogP contribution in [-0.4, -0.2) is 68.8 Å². The summed E-state index contributed by atoms with van der Waals surface area (Å²) in [5.74, 6) is 0.218. The second-order valence-electron chi connectivity index (χ2n) is 7.56. The lowest BCUT2D eigenvalue weighted by atomic mass is 10.0. The summed E-state index contributed by atoms with van der Waals surface area (Å²) in [6, 6.07) is 8.08. The van der Waals surface area contributed by atoms with Gasteiger partial charge in [-0.1, -0.05) is 29.3 Å². The number of hydrogen-bond donors (Lipinski definition) is 0. The van der Waals surface area contributed by atoms with Crippen LogP contribution in [0.15, 0.2) is 30.3 Å². The van der Waals surface area contributed by atoms with Crippen molar-refractivity contribution in [2.75, 3.05) is 47.0 Å². The second kappa shape index (κ2) is 9.20. The van der Waals surface area contributed by atoms with Gasteiger partial charge in [0.1, 0.15) is 5.82 Å². The number of carbonyl (C=O) groups is 1. The number of nitrogens with zero attached hydrogens (tertiary/aromatic N) is 2. The fourth-order valence-electron chi connectivity index (χ4n) is 4.11. The molecule has 1 unspecified atom stereocenters. The van der Waals surface area contributed by atoms with Gasteiger partial charge in [-0.2, -0.15) is 0 Å². The number of ether oxygens (including phenoxy) is 3. The van der Waals surface area contributed by atoms with Gasteiger partial charge in [-0.15, -0.1) is 0 Å². The zero-order valence-corrected chi connectivity index (χ0v) is 18.8. The molecule has 2 atom stereocenters. The molecule has 0 spiro atoms. The number of benzene rings is 2. The highest BCUT2D eigenvalue weighted by molar-refractivity contribution is 6.35. The molecule has 0 aromatic heterocycles. The number of halogens is 3. The van der Waals surface area contributed by atoms with Crippen molar-refractivity contribution in [3.05, 3.63) is 57.3 Å². The largest absolute Gasteiger partial charge is 0.493 e. The molecule has 2 heterocycles. The first-order chi connectivity index (χ1) is 14.9. The Morgan fingerprint density at radius 2 is 1.94 bits per heavy atom. The molecule has 9 heteroatoms. The summed E-state index contributed by atoms with van der Waals surface area (Å²) in [4.78, 5) is 17.2. The van der Waals surface area contributed by atoms with Gasteiger partial charge in [0.15, 0.2) is 11.5 Å². The molecule has 2 aliphatic heterocycles. The first kappa shape index (κ1) is 22.1. The summed E-state index contributed by atoms with van der Waals surface area (Å²) in [6.07, 6.45) is -0.183. The quantitative estimate of drug-likeness (QED) is 0.677. The van der Waals surface area contributed by atoms with Crippen LogP contribution in [0, 0.1) is 5.82 Å². The summed E-state index contributed by atoms with van der Waals surface area (Å²) in [7, 11) is 3.01. The van der Waals surface area contributed by atoms with Gasteiger partial charge < -0.3 is 19.1 Å². The Morgan fingerprint density at radius 1 is 1.13 bits per heavy atom. The molecule has 1 amide bonds. The van der Waals surface area contributed by atoms with Crippen LogP contribution in [0.5, 0.6) is 11.5 Å². The molecule has 2 fully saturated rings. The summed E-state index contributed by atoms with van der Waals surface area (Å²) in [5, 5.41) is 0.327. The molecule has 0 N–H and O–H groups in total. The van der Waals surface area contributed by atoms with Gasteiger partial charge in [0.25, 0.3) is 5.91 Å². The summed E-state index contributed by atoms with van der Waals surface area (Å²) in [5.41, 5.74) is 1.23. The standard InChI is InChI=1S/C22H23Cl2FN2O4/c1-29-18-6-4-15(20(24)21(18)30-2)22(28)27-8-7-26-11-19(31-12-14(26)10-27)13-3-5-17(25)16(23)9-13/h3-6,9,14,19H,7-8,10-12H2,1-2H3/t14?,19-/m0/s1. The number of piperazine rings is 1. The fourth-order valence-corrected chi connectivity index (χ4v) is 4.61. The Kier molecular flexibility index (Phi) is 6.57. The number of hydrogen-bond acceptors (Lipinski definition) is 5. The van der Waals surface area contributed by atoms with Crippen molar-refractivity contribution in [3.8, 4) is 11.5 Å². The van der Waals surface area contributed by atoms with Crippen LogP contribution in [0.3, 0.4) is 0 Å². The van der Waals surface area contributed by atoms with Gasteiger partial charge in [-0.25, -0.2) is 4.39 Å². The third-order valence-electron chi connectivity index (χ3n) is 5.81. The van der Waals surface area contributed by atoms with Crippen molar-refractivity contribution < 1.29 is 23.4 Å². The van der Waals surface area contributed by atoms with Crippen LogP contribution in [-0.2, 0) is 4.74 Å². The van der Waals surface area contributed by atoms with Gasteiger partial charge in [0.2, 0.25) is 0 Å². The van der Waals surface area contributed by atoms with Crippen molar-refractivity contribution in [3.63, 3.8) is 0 Å². The fraction of sp³-hybridized carbons (Fsp3) is 0.409. The van der Waals surface area contributed by atoms with E-state index in [9.17, 15) is 9.18 Å². The summed E-state index contributed by atoms with van der Waals surface area (Å²) in [6.45, 7) is 2.92. The van der Waals surface area contributed by atoms with Crippen LogP contribution >= 0.6 is 23.2 Å². The smallest absolute Gasteiger partial charge is 0.255 e. The predicted molar refractivity (Wildman–Crippen MR) is 116 cm³/mol. The molecule has 2 aromatic carbocycles. The monoisotopic (exact) mass is 468 g/mol. The number of methoxy groups -OCH3 is 2. The number of amides is 1. The van der Waals surface area contributed by atoms with E-state index in [0.717, 1.165) is 5.56 Å². The van der Waals surface area contributed by atoms with Gasteiger partial charge >= 0.3 is 0 Å². The molecule has 0 saturated carbocycles. The van der Waals surface area contributed by atoms with Gasteiger partial charge in [0.05, 0.1) is 48.6 Å². The maximum atomic E-state index is 13.5. The predicted octanol–water partition coefficient (Wildman–Crippen LogP) is 4.05. The molecular weight excluding hydrogens is 446 g/mol. The van der Waals surface area contributed by atoms with E-state index in [-0.39, 0.29) is 28.1 Å². The lowest BCUT2D eigenvalue weighted by Gasteiger charge is -2.46. The van der Waals surface area contributed by atoms with E-state index in [2.05, 4.69) is 4.90 Å². The van der Waals surface area contributed by atoms with Crippen molar-refractivity contribution in [1.82, 2.24) is 9.80 Å². The number of fused-ring (bicyclic) bond motifs is 1. The first-order valence-electron chi connectivity index (χ1n) is 9.93. The van der Waals surface area contributed by atoms with Gasteiger partial charge in [-0.05, 0) is 29.8 Å². The third-order valence-corrected chi connectivity index (χ3v) is 6.48. The maximum Gasteiger partial charge on any atom is 0.255 e. The maximum absolute atomic E-state index is 13.5. The average Bonchev–Trinajstić information content (AvgIpc) is 2.79. The first-order valence-corrected chi connectivity index (χ1v) is 10.7. The zero-order chi connectivity index (χ0) is 22.1. The van der Waals surface area contributed by atoms with Crippen molar-refractivity contribution in [2.24, 2.45) is 0 Å². The highest BCUT2D eigenvalue weighted by atomic mass is 35.5. The molecule has 0 bridgehead atoms. The van der Waals surface area contributed by atoms with Crippen LogP contribution in [0.2, 0.25) is 10.0 Å². The van der Waals surface area contributed by atoms with Gasteiger partial charge in [-0.3, -0.25) is 9.69 Å². The topological polar surface area (TPSA) is 51.2 Å². The Morgan fingerprint density at radius 3 is 2.65 bits per heavy atom. The van der Waals surface area contributed by atoms with E-state index in [4.69, 9.17) is 37.4 Å². The molecule has 2 aliphatic rings. The molecule has 0 radical (unpaired) electrons. The van der Waals surface area contributed by atoms with Crippen LogP contribution in [0.1, 0.15) is 22.0 Å². The van der Waals surface area contributed by atoms with E-state index in [0.29, 0.717) is 49.8 Å². The van der Waals surface area contributed by atoms with E-state index < -0.39 is 5.82 Å². The van der Waals surface area contributed by atoms with Crippen LogP contribution in [0.25, 0.3) is 0 Å². The van der Waals surface area contributed by atoms with Crippen LogP contribution < -0.4 is 9.47 Å². The normalized spacial score (nSPS) is 21.5. The average molecular weight is 469 g/mol.